The van der Waals surface area contributed by atoms with Gasteiger partial charge in [0.2, 0.25) is 0 Å². The molecule has 1 atom stereocenters. The Kier molecular flexibility index (Phi) is 1.61. The second-order valence-electron chi connectivity index (χ2n) is 2.87. The van der Waals surface area contributed by atoms with Crippen molar-refractivity contribution in [2.45, 2.75) is 13.3 Å². The van der Waals surface area contributed by atoms with Crippen LogP contribution in [0, 0.1) is 6.92 Å². The van der Waals surface area contributed by atoms with E-state index < -0.39 is 0 Å². The minimum absolute atomic E-state index is 0.851. The van der Waals surface area contributed by atoms with Gasteiger partial charge in [-0.3, -0.25) is 0 Å². The summed E-state index contributed by atoms with van der Waals surface area (Å²) >= 11 is 0. The van der Waals surface area contributed by atoms with Gasteiger partial charge >= 0.3 is 0 Å². The van der Waals surface area contributed by atoms with Gasteiger partial charge in [-0.25, -0.2) is 0 Å². The molecule has 1 aromatic carbocycles. The molecule has 0 N–H and O–H groups in total. The third-order valence-corrected chi connectivity index (χ3v) is 2.77. The number of ether oxygens (including phenoxy) is 1. The minimum Gasteiger partial charge on any atom is -0.493 e. The maximum Gasteiger partial charge on any atom is 0.126 e. The van der Waals surface area contributed by atoms with Gasteiger partial charge in [0.1, 0.15) is 5.75 Å². The molecule has 1 unspecified atom stereocenters. The van der Waals surface area contributed by atoms with E-state index in [1.807, 2.05) is 0 Å². The van der Waals surface area contributed by atoms with Gasteiger partial charge in [0.05, 0.1) is 6.61 Å². The molecule has 11 heavy (non-hydrogen) atoms. The summed E-state index contributed by atoms with van der Waals surface area (Å²) in [4.78, 5) is 0. The van der Waals surface area contributed by atoms with Crippen molar-refractivity contribution in [3.05, 3.63) is 23.3 Å². The lowest BCUT2D eigenvalue weighted by Gasteiger charge is -2.05. The summed E-state index contributed by atoms with van der Waals surface area (Å²) in [5.41, 5.74) is 2.62. The third-order valence-electron chi connectivity index (χ3n) is 2.15. The molecule has 1 nitrogen and oxygen atoms in total. The molecule has 0 amide bonds. The van der Waals surface area contributed by atoms with Gasteiger partial charge in [-0.15, -0.1) is 9.24 Å². The van der Waals surface area contributed by atoms with Gasteiger partial charge in [-0.1, -0.05) is 12.1 Å². The van der Waals surface area contributed by atoms with E-state index in [0.717, 1.165) is 18.8 Å². The van der Waals surface area contributed by atoms with Crippen LogP contribution in [-0.4, -0.2) is 6.61 Å². The fraction of sp³-hybridized carbons (Fsp3) is 0.333. The zero-order valence-electron chi connectivity index (χ0n) is 6.55. The lowest BCUT2D eigenvalue weighted by molar-refractivity contribution is 0.355. The maximum atomic E-state index is 5.50. The Morgan fingerprint density at radius 1 is 1.45 bits per heavy atom. The molecule has 1 aromatic rings. The first kappa shape index (κ1) is 7.12. The molecular formula is C9H11OP. The molecule has 0 aromatic heterocycles. The monoisotopic (exact) mass is 166 g/mol. The van der Waals surface area contributed by atoms with Crippen molar-refractivity contribution < 1.29 is 4.74 Å². The van der Waals surface area contributed by atoms with Gasteiger partial charge in [0.15, 0.2) is 0 Å². The van der Waals surface area contributed by atoms with Crippen LogP contribution in [0.25, 0.3) is 0 Å². The van der Waals surface area contributed by atoms with E-state index in [9.17, 15) is 0 Å². The molecule has 2 heteroatoms. The average Bonchev–Trinajstić information content (AvgIpc) is 2.45. The number of hydrogen-bond donors (Lipinski definition) is 0. The molecule has 1 aliphatic heterocycles. The standard InChI is InChI=1S/C9H11OP/c1-6-8(11)3-2-7-4-5-10-9(6)7/h2-3H,4-5,11H2,1H3. The van der Waals surface area contributed by atoms with Gasteiger partial charge in [-0.05, 0) is 23.4 Å². The lowest BCUT2D eigenvalue weighted by atomic mass is 10.1. The van der Waals surface area contributed by atoms with E-state index in [1.165, 1.54) is 16.4 Å². The predicted molar refractivity (Wildman–Crippen MR) is 49.7 cm³/mol. The van der Waals surface area contributed by atoms with Crippen molar-refractivity contribution in [2.24, 2.45) is 0 Å². The Balaban J connectivity index is 2.62. The van der Waals surface area contributed by atoms with Crippen LogP contribution in [-0.2, 0) is 6.42 Å². The molecule has 2 rings (SSSR count). The maximum absolute atomic E-state index is 5.50. The molecule has 0 bridgehead atoms. The summed E-state index contributed by atoms with van der Waals surface area (Å²) in [6.07, 6.45) is 1.07. The fourth-order valence-electron chi connectivity index (χ4n) is 1.42. The van der Waals surface area contributed by atoms with E-state index in [1.54, 1.807) is 0 Å². The molecule has 0 aliphatic carbocycles. The van der Waals surface area contributed by atoms with E-state index >= 15 is 0 Å². The van der Waals surface area contributed by atoms with Crippen molar-refractivity contribution >= 4 is 14.5 Å². The first-order valence-corrected chi connectivity index (χ1v) is 4.37. The Morgan fingerprint density at radius 2 is 2.27 bits per heavy atom. The average molecular weight is 166 g/mol. The predicted octanol–water partition coefficient (Wildman–Crippen LogP) is 1.43. The summed E-state index contributed by atoms with van der Waals surface area (Å²) in [6.45, 7) is 2.96. The fourth-order valence-corrected chi connectivity index (χ4v) is 1.65. The molecule has 0 fully saturated rings. The van der Waals surface area contributed by atoms with Gasteiger partial charge in [0, 0.05) is 6.42 Å². The number of benzene rings is 1. The highest BCUT2D eigenvalue weighted by Crippen LogP contribution is 2.28. The summed E-state index contributed by atoms with van der Waals surface area (Å²) in [5.74, 6) is 1.11. The van der Waals surface area contributed by atoms with E-state index in [0.29, 0.717) is 0 Å². The second kappa shape index (κ2) is 2.49. The van der Waals surface area contributed by atoms with Gasteiger partial charge in [0.25, 0.3) is 0 Å². The summed E-state index contributed by atoms with van der Waals surface area (Å²) in [5, 5.41) is 1.24. The normalized spacial score (nSPS) is 14.4. The van der Waals surface area contributed by atoms with Crippen LogP contribution in [0.5, 0.6) is 5.75 Å². The molecule has 0 spiro atoms. The first-order chi connectivity index (χ1) is 5.29. The number of hydrogen-bond acceptors (Lipinski definition) is 1. The van der Waals surface area contributed by atoms with Crippen LogP contribution in [0.2, 0.25) is 0 Å². The summed E-state index contributed by atoms with van der Waals surface area (Å²) < 4.78 is 5.50. The van der Waals surface area contributed by atoms with Crippen LogP contribution >= 0.6 is 9.24 Å². The van der Waals surface area contributed by atoms with Gasteiger partial charge in [-0.2, -0.15) is 0 Å². The minimum atomic E-state index is 0.851. The molecule has 0 radical (unpaired) electrons. The molecule has 1 heterocycles. The van der Waals surface area contributed by atoms with Crippen molar-refractivity contribution in [1.29, 1.82) is 0 Å². The molecule has 0 saturated carbocycles. The SMILES string of the molecule is Cc1c(P)ccc2c1OCC2. The second-order valence-corrected chi connectivity index (χ2v) is 3.49. The Hall–Kier alpha value is -0.550. The quantitative estimate of drug-likeness (QED) is 0.530. The molecule has 1 aliphatic rings. The van der Waals surface area contributed by atoms with Crippen LogP contribution in [0.1, 0.15) is 11.1 Å². The molecular weight excluding hydrogens is 155 g/mol. The van der Waals surface area contributed by atoms with Crippen LogP contribution in [0.3, 0.4) is 0 Å². The highest BCUT2D eigenvalue weighted by atomic mass is 31.0. The van der Waals surface area contributed by atoms with Crippen molar-refractivity contribution in [3.8, 4) is 5.75 Å². The van der Waals surface area contributed by atoms with E-state index in [-0.39, 0.29) is 0 Å². The molecule has 0 saturated heterocycles. The third kappa shape index (κ3) is 1.04. The zero-order valence-corrected chi connectivity index (χ0v) is 7.71. The van der Waals surface area contributed by atoms with Crippen LogP contribution in [0.4, 0.5) is 0 Å². The summed E-state index contributed by atoms with van der Waals surface area (Å²) in [7, 11) is 2.72. The van der Waals surface area contributed by atoms with Crippen LogP contribution < -0.4 is 10.0 Å². The number of fused-ring (bicyclic) bond motifs is 1. The number of rotatable bonds is 0. The largest absolute Gasteiger partial charge is 0.493 e. The highest BCUT2D eigenvalue weighted by Gasteiger charge is 2.14. The lowest BCUT2D eigenvalue weighted by Crippen LogP contribution is -1.98. The Labute approximate surface area is 69.0 Å². The zero-order chi connectivity index (χ0) is 7.84. The summed E-state index contributed by atoms with van der Waals surface area (Å²) in [6, 6.07) is 4.28. The smallest absolute Gasteiger partial charge is 0.126 e. The topological polar surface area (TPSA) is 9.23 Å². The van der Waals surface area contributed by atoms with E-state index in [2.05, 4.69) is 28.3 Å². The Bertz CT molecular complexity index is 294. The van der Waals surface area contributed by atoms with Crippen LogP contribution in [0.15, 0.2) is 12.1 Å². The molecule has 58 valence electrons. The Morgan fingerprint density at radius 3 is 3.09 bits per heavy atom. The van der Waals surface area contributed by atoms with Gasteiger partial charge < -0.3 is 4.74 Å². The van der Waals surface area contributed by atoms with Crippen molar-refractivity contribution in [2.75, 3.05) is 6.61 Å². The first-order valence-electron chi connectivity index (χ1n) is 3.80. The highest BCUT2D eigenvalue weighted by molar-refractivity contribution is 7.27. The van der Waals surface area contributed by atoms with Crippen molar-refractivity contribution in [3.63, 3.8) is 0 Å². The van der Waals surface area contributed by atoms with Crippen molar-refractivity contribution in [1.82, 2.24) is 0 Å². The van der Waals surface area contributed by atoms with E-state index in [4.69, 9.17) is 4.74 Å².